The van der Waals surface area contributed by atoms with Crippen LogP contribution in [0.4, 0.5) is 0 Å². The number of hydrogen-bond donors (Lipinski definition) is 1. The van der Waals surface area contributed by atoms with Crippen LogP contribution in [0.3, 0.4) is 0 Å². The third-order valence-electron chi connectivity index (χ3n) is 3.03. The number of hydrogen-bond acceptors (Lipinski definition) is 3. The first kappa shape index (κ1) is 13.6. The van der Waals surface area contributed by atoms with Crippen molar-refractivity contribution < 1.29 is 9.52 Å². The number of para-hydroxylation sites is 2. The first-order chi connectivity index (χ1) is 9.63. The maximum Gasteiger partial charge on any atom is 0.198 e. The Labute approximate surface area is 129 Å². The number of rotatable bonds is 3. The minimum atomic E-state index is -0.699. The molecule has 3 aromatic rings. The Morgan fingerprint density at radius 2 is 2.05 bits per heavy atom. The van der Waals surface area contributed by atoms with E-state index in [9.17, 15) is 5.11 Å². The van der Waals surface area contributed by atoms with Crippen molar-refractivity contribution in [3.05, 3.63) is 63.4 Å². The minimum absolute atomic E-state index is 0.314. The van der Waals surface area contributed by atoms with Gasteiger partial charge in [-0.2, -0.15) is 0 Å². The largest absolute Gasteiger partial charge is 0.441 e. The fourth-order valence-corrected chi connectivity index (χ4v) is 3.00. The van der Waals surface area contributed by atoms with Gasteiger partial charge in [-0.05, 0) is 29.8 Å². The summed E-state index contributed by atoms with van der Waals surface area (Å²) < 4.78 is 6.38. The topological polar surface area (TPSA) is 46.3 Å². The van der Waals surface area contributed by atoms with E-state index in [0.29, 0.717) is 17.3 Å². The Morgan fingerprint density at radius 3 is 2.80 bits per heavy atom. The maximum atomic E-state index is 10.3. The van der Waals surface area contributed by atoms with E-state index in [1.54, 1.807) is 18.2 Å². The summed E-state index contributed by atoms with van der Waals surface area (Å²) in [6.07, 6.45) is -0.385. The zero-order valence-corrected chi connectivity index (χ0v) is 12.7. The smallest absolute Gasteiger partial charge is 0.198 e. The molecule has 3 rings (SSSR count). The van der Waals surface area contributed by atoms with Gasteiger partial charge in [0, 0.05) is 9.50 Å². The summed E-state index contributed by atoms with van der Waals surface area (Å²) >= 11 is 9.29. The van der Waals surface area contributed by atoms with E-state index < -0.39 is 6.10 Å². The highest BCUT2D eigenvalue weighted by atomic mass is 79.9. The average Bonchev–Trinajstić information content (AvgIpc) is 2.80. The third-order valence-corrected chi connectivity index (χ3v) is 3.95. The van der Waals surface area contributed by atoms with Gasteiger partial charge in [-0.3, -0.25) is 0 Å². The third kappa shape index (κ3) is 2.73. The second-order valence-corrected chi connectivity index (χ2v) is 5.75. The van der Waals surface area contributed by atoms with Gasteiger partial charge in [-0.15, -0.1) is 0 Å². The fourth-order valence-electron chi connectivity index (χ4n) is 2.05. The standard InChI is InChI=1S/C15H11BrClNO2/c16-11-7-9(17)5-6-10(11)13(19)8-15-18-12-3-1-2-4-14(12)20-15/h1-7,13,19H,8H2. The summed E-state index contributed by atoms with van der Waals surface area (Å²) in [6, 6.07) is 12.8. The number of benzene rings is 2. The molecule has 1 heterocycles. The van der Waals surface area contributed by atoms with Gasteiger partial charge in [0.1, 0.15) is 5.52 Å². The molecule has 0 amide bonds. The Morgan fingerprint density at radius 1 is 1.25 bits per heavy atom. The van der Waals surface area contributed by atoms with E-state index in [1.807, 2.05) is 24.3 Å². The van der Waals surface area contributed by atoms with Crippen LogP contribution in [0.15, 0.2) is 51.4 Å². The molecule has 1 N–H and O–H groups in total. The van der Waals surface area contributed by atoms with Crippen LogP contribution in [0.25, 0.3) is 11.1 Å². The van der Waals surface area contributed by atoms with Crippen LogP contribution in [0.5, 0.6) is 0 Å². The van der Waals surface area contributed by atoms with Gasteiger partial charge < -0.3 is 9.52 Å². The van der Waals surface area contributed by atoms with E-state index in [0.717, 1.165) is 21.1 Å². The minimum Gasteiger partial charge on any atom is -0.441 e. The van der Waals surface area contributed by atoms with Crippen molar-refractivity contribution in [2.75, 3.05) is 0 Å². The van der Waals surface area contributed by atoms with E-state index in [4.69, 9.17) is 16.0 Å². The van der Waals surface area contributed by atoms with Gasteiger partial charge in [0.15, 0.2) is 11.5 Å². The predicted molar refractivity (Wildman–Crippen MR) is 81.8 cm³/mol. The molecule has 0 aliphatic carbocycles. The highest BCUT2D eigenvalue weighted by Crippen LogP contribution is 2.29. The molecule has 3 nitrogen and oxygen atoms in total. The molecule has 0 spiro atoms. The van der Waals surface area contributed by atoms with Crippen molar-refractivity contribution in [3.63, 3.8) is 0 Å². The number of nitrogens with zero attached hydrogens (tertiary/aromatic N) is 1. The molecule has 0 saturated heterocycles. The molecule has 102 valence electrons. The van der Waals surface area contributed by atoms with E-state index in [-0.39, 0.29) is 0 Å². The normalized spacial score (nSPS) is 12.8. The number of halogens is 2. The molecule has 5 heteroatoms. The first-order valence-electron chi connectivity index (χ1n) is 6.11. The molecular weight excluding hydrogens is 342 g/mol. The highest BCUT2D eigenvalue weighted by Gasteiger charge is 2.16. The number of aromatic nitrogens is 1. The molecule has 0 aliphatic heterocycles. The SMILES string of the molecule is OC(Cc1nc2ccccc2o1)c1ccc(Cl)cc1Br. The molecule has 0 aliphatic rings. The molecule has 1 unspecified atom stereocenters. The lowest BCUT2D eigenvalue weighted by Gasteiger charge is -2.11. The van der Waals surface area contributed by atoms with Crippen molar-refractivity contribution in [3.8, 4) is 0 Å². The lowest BCUT2D eigenvalue weighted by Crippen LogP contribution is -2.02. The molecule has 0 saturated carbocycles. The molecule has 0 radical (unpaired) electrons. The van der Waals surface area contributed by atoms with Crippen molar-refractivity contribution in [2.24, 2.45) is 0 Å². The van der Waals surface area contributed by atoms with Crippen molar-refractivity contribution in [1.29, 1.82) is 0 Å². The van der Waals surface area contributed by atoms with E-state index in [2.05, 4.69) is 20.9 Å². The zero-order valence-electron chi connectivity index (χ0n) is 10.4. The summed E-state index contributed by atoms with van der Waals surface area (Å²) in [4.78, 5) is 4.36. The van der Waals surface area contributed by atoms with Crippen LogP contribution in [0.2, 0.25) is 5.02 Å². The molecule has 0 bridgehead atoms. The van der Waals surface area contributed by atoms with Crippen LogP contribution in [-0.4, -0.2) is 10.1 Å². The maximum absolute atomic E-state index is 10.3. The van der Waals surface area contributed by atoms with E-state index in [1.165, 1.54) is 0 Å². The Bertz CT molecular complexity index is 723. The van der Waals surface area contributed by atoms with Crippen molar-refractivity contribution in [1.82, 2.24) is 4.98 Å². The van der Waals surface area contributed by atoms with Crippen LogP contribution in [-0.2, 0) is 6.42 Å². The molecule has 0 fully saturated rings. The van der Waals surface area contributed by atoms with Gasteiger partial charge in [0.25, 0.3) is 0 Å². The monoisotopic (exact) mass is 351 g/mol. The Balaban J connectivity index is 1.86. The predicted octanol–water partition coefficient (Wildman–Crippen LogP) is 4.52. The molecule has 1 aromatic heterocycles. The van der Waals surface area contributed by atoms with Gasteiger partial charge >= 0.3 is 0 Å². The summed E-state index contributed by atoms with van der Waals surface area (Å²) in [5.74, 6) is 0.514. The number of oxazole rings is 1. The van der Waals surface area contributed by atoms with Crippen molar-refractivity contribution >= 4 is 38.6 Å². The van der Waals surface area contributed by atoms with Crippen LogP contribution < -0.4 is 0 Å². The average molecular weight is 353 g/mol. The van der Waals surface area contributed by atoms with Crippen LogP contribution in [0.1, 0.15) is 17.6 Å². The van der Waals surface area contributed by atoms with Crippen LogP contribution >= 0.6 is 27.5 Å². The highest BCUT2D eigenvalue weighted by molar-refractivity contribution is 9.10. The van der Waals surface area contributed by atoms with Gasteiger partial charge in [-0.25, -0.2) is 4.98 Å². The number of aliphatic hydroxyl groups excluding tert-OH is 1. The van der Waals surface area contributed by atoms with Gasteiger partial charge in [0.05, 0.1) is 12.5 Å². The lowest BCUT2D eigenvalue weighted by atomic mass is 10.1. The Hall–Kier alpha value is -1.36. The summed E-state index contributed by atoms with van der Waals surface area (Å²) in [5.41, 5.74) is 2.28. The van der Waals surface area contributed by atoms with Crippen LogP contribution in [0, 0.1) is 0 Å². The lowest BCUT2D eigenvalue weighted by molar-refractivity contribution is 0.168. The first-order valence-corrected chi connectivity index (χ1v) is 7.28. The number of fused-ring (bicyclic) bond motifs is 1. The second-order valence-electron chi connectivity index (χ2n) is 4.46. The van der Waals surface area contributed by atoms with Gasteiger partial charge in [-0.1, -0.05) is 45.7 Å². The zero-order chi connectivity index (χ0) is 14.1. The molecule has 20 heavy (non-hydrogen) atoms. The molecular formula is C15H11BrClNO2. The molecule has 1 atom stereocenters. The van der Waals surface area contributed by atoms with Gasteiger partial charge in [0.2, 0.25) is 0 Å². The van der Waals surface area contributed by atoms with Crippen molar-refractivity contribution in [2.45, 2.75) is 12.5 Å². The quantitative estimate of drug-likeness (QED) is 0.754. The summed E-state index contributed by atoms with van der Waals surface area (Å²) in [7, 11) is 0. The number of aliphatic hydroxyl groups is 1. The fraction of sp³-hybridized carbons (Fsp3) is 0.133. The summed E-state index contributed by atoms with van der Waals surface area (Å²) in [6.45, 7) is 0. The Kier molecular flexibility index (Phi) is 3.78. The van der Waals surface area contributed by atoms with E-state index >= 15 is 0 Å². The second kappa shape index (κ2) is 5.56. The molecule has 2 aromatic carbocycles. The summed E-state index contributed by atoms with van der Waals surface area (Å²) in [5, 5.41) is 10.9.